The standard InChI is InChI=1S/C9H17NO2/c1-4-9-6-12-7(2)5-10(9)8(3)11/h7,9H,4-6H2,1-3H3. The summed E-state index contributed by atoms with van der Waals surface area (Å²) in [6, 6.07) is 0.290. The number of hydrogen-bond donors (Lipinski definition) is 0. The van der Waals surface area contributed by atoms with E-state index in [4.69, 9.17) is 4.74 Å². The van der Waals surface area contributed by atoms with Crippen molar-refractivity contribution in [2.24, 2.45) is 0 Å². The highest BCUT2D eigenvalue weighted by molar-refractivity contribution is 5.73. The number of ether oxygens (including phenoxy) is 1. The largest absolute Gasteiger partial charge is 0.375 e. The molecular weight excluding hydrogens is 154 g/mol. The van der Waals surface area contributed by atoms with Crippen LogP contribution in [0, 0.1) is 0 Å². The summed E-state index contributed by atoms with van der Waals surface area (Å²) in [7, 11) is 0. The van der Waals surface area contributed by atoms with Crippen LogP contribution < -0.4 is 0 Å². The van der Waals surface area contributed by atoms with E-state index in [1.54, 1.807) is 6.92 Å². The number of amides is 1. The van der Waals surface area contributed by atoms with E-state index in [0.29, 0.717) is 12.6 Å². The highest BCUT2D eigenvalue weighted by atomic mass is 16.5. The van der Waals surface area contributed by atoms with Gasteiger partial charge in [-0.05, 0) is 13.3 Å². The summed E-state index contributed by atoms with van der Waals surface area (Å²) in [5.41, 5.74) is 0. The lowest BCUT2D eigenvalue weighted by atomic mass is 10.1. The van der Waals surface area contributed by atoms with Crippen LogP contribution in [0.25, 0.3) is 0 Å². The van der Waals surface area contributed by atoms with Crippen LogP contribution in [0.3, 0.4) is 0 Å². The minimum Gasteiger partial charge on any atom is -0.375 e. The summed E-state index contributed by atoms with van der Waals surface area (Å²) >= 11 is 0. The third-order valence-corrected chi connectivity index (χ3v) is 2.34. The van der Waals surface area contributed by atoms with Gasteiger partial charge in [0.15, 0.2) is 0 Å². The van der Waals surface area contributed by atoms with Crippen LogP contribution in [0.1, 0.15) is 27.2 Å². The maximum atomic E-state index is 11.2. The zero-order chi connectivity index (χ0) is 9.14. The van der Waals surface area contributed by atoms with E-state index in [1.807, 2.05) is 11.8 Å². The van der Waals surface area contributed by atoms with E-state index in [2.05, 4.69) is 6.92 Å². The van der Waals surface area contributed by atoms with Crippen LogP contribution in [0.15, 0.2) is 0 Å². The average molecular weight is 171 g/mol. The summed E-state index contributed by atoms with van der Waals surface area (Å²) < 4.78 is 5.47. The lowest BCUT2D eigenvalue weighted by Gasteiger charge is -2.37. The molecule has 70 valence electrons. The number of rotatable bonds is 1. The highest BCUT2D eigenvalue weighted by Crippen LogP contribution is 2.13. The molecule has 0 bridgehead atoms. The Balaban J connectivity index is 2.58. The van der Waals surface area contributed by atoms with E-state index in [-0.39, 0.29) is 12.0 Å². The van der Waals surface area contributed by atoms with Crippen LogP contribution in [0.2, 0.25) is 0 Å². The molecular formula is C9H17NO2. The van der Waals surface area contributed by atoms with Crippen LogP contribution in [-0.2, 0) is 9.53 Å². The van der Waals surface area contributed by atoms with Crippen molar-refractivity contribution >= 4 is 5.91 Å². The summed E-state index contributed by atoms with van der Waals surface area (Å²) in [5, 5.41) is 0. The van der Waals surface area contributed by atoms with Crippen molar-refractivity contribution in [3.8, 4) is 0 Å². The fourth-order valence-electron chi connectivity index (χ4n) is 1.57. The van der Waals surface area contributed by atoms with Crippen molar-refractivity contribution in [3.05, 3.63) is 0 Å². The molecule has 0 aliphatic carbocycles. The molecule has 0 aromatic rings. The Morgan fingerprint density at radius 3 is 2.83 bits per heavy atom. The second-order valence-electron chi connectivity index (χ2n) is 3.38. The van der Waals surface area contributed by atoms with Crippen molar-refractivity contribution < 1.29 is 9.53 Å². The third-order valence-electron chi connectivity index (χ3n) is 2.34. The van der Waals surface area contributed by atoms with Gasteiger partial charge in [0.2, 0.25) is 5.91 Å². The molecule has 0 radical (unpaired) electrons. The number of hydrogen-bond acceptors (Lipinski definition) is 2. The molecule has 2 atom stereocenters. The van der Waals surface area contributed by atoms with Crippen molar-refractivity contribution in [1.82, 2.24) is 4.90 Å². The third kappa shape index (κ3) is 1.97. The van der Waals surface area contributed by atoms with Gasteiger partial charge in [-0.1, -0.05) is 6.92 Å². The first-order valence-corrected chi connectivity index (χ1v) is 4.54. The number of morpholine rings is 1. The lowest BCUT2D eigenvalue weighted by Crippen LogP contribution is -2.50. The van der Waals surface area contributed by atoms with E-state index in [1.165, 1.54) is 0 Å². The monoisotopic (exact) mass is 171 g/mol. The molecule has 1 heterocycles. The van der Waals surface area contributed by atoms with Gasteiger partial charge in [0, 0.05) is 13.5 Å². The average Bonchev–Trinajstić information content (AvgIpc) is 2.04. The van der Waals surface area contributed by atoms with Crippen LogP contribution in [0.5, 0.6) is 0 Å². The van der Waals surface area contributed by atoms with Gasteiger partial charge in [-0.15, -0.1) is 0 Å². The smallest absolute Gasteiger partial charge is 0.219 e. The summed E-state index contributed by atoms with van der Waals surface area (Å²) in [6.45, 7) is 7.15. The molecule has 0 aromatic heterocycles. The molecule has 1 rings (SSSR count). The molecule has 0 aromatic carbocycles. The molecule has 3 nitrogen and oxygen atoms in total. The zero-order valence-corrected chi connectivity index (χ0v) is 8.04. The van der Waals surface area contributed by atoms with Crippen LogP contribution in [-0.4, -0.2) is 36.1 Å². The van der Waals surface area contributed by atoms with Gasteiger partial charge in [0.25, 0.3) is 0 Å². The first kappa shape index (κ1) is 9.52. The van der Waals surface area contributed by atoms with Gasteiger partial charge in [-0.25, -0.2) is 0 Å². The predicted octanol–water partition coefficient (Wildman–Crippen LogP) is 1.03. The van der Waals surface area contributed by atoms with E-state index < -0.39 is 0 Å². The summed E-state index contributed by atoms with van der Waals surface area (Å²) in [4.78, 5) is 13.1. The van der Waals surface area contributed by atoms with Crippen molar-refractivity contribution in [2.75, 3.05) is 13.2 Å². The molecule has 2 unspecified atom stereocenters. The molecule has 1 fully saturated rings. The molecule has 0 N–H and O–H groups in total. The Kier molecular flexibility index (Phi) is 3.09. The lowest BCUT2D eigenvalue weighted by molar-refractivity contribution is -0.141. The Morgan fingerprint density at radius 1 is 1.67 bits per heavy atom. The van der Waals surface area contributed by atoms with Crippen LogP contribution in [0.4, 0.5) is 0 Å². The van der Waals surface area contributed by atoms with Gasteiger partial charge in [-0.3, -0.25) is 4.79 Å². The Bertz CT molecular complexity index is 170. The molecule has 1 aliphatic rings. The van der Waals surface area contributed by atoms with Gasteiger partial charge >= 0.3 is 0 Å². The second-order valence-corrected chi connectivity index (χ2v) is 3.38. The number of nitrogens with zero attached hydrogens (tertiary/aromatic N) is 1. The zero-order valence-electron chi connectivity index (χ0n) is 8.04. The summed E-state index contributed by atoms with van der Waals surface area (Å²) in [6.07, 6.45) is 1.17. The molecule has 12 heavy (non-hydrogen) atoms. The highest BCUT2D eigenvalue weighted by Gasteiger charge is 2.26. The van der Waals surface area contributed by atoms with Crippen molar-refractivity contribution in [1.29, 1.82) is 0 Å². The van der Waals surface area contributed by atoms with E-state index in [9.17, 15) is 4.79 Å². The molecule has 1 saturated heterocycles. The topological polar surface area (TPSA) is 29.5 Å². The van der Waals surface area contributed by atoms with Crippen molar-refractivity contribution in [3.63, 3.8) is 0 Å². The minimum absolute atomic E-state index is 0.164. The fourth-order valence-corrected chi connectivity index (χ4v) is 1.57. The number of carbonyl (C=O) groups is 1. The first-order chi connectivity index (χ1) is 5.65. The van der Waals surface area contributed by atoms with E-state index >= 15 is 0 Å². The summed E-state index contributed by atoms with van der Waals surface area (Å²) in [5.74, 6) is 0.164. The maximum Gasteiger partial charge on any atom is 0.219 e. The van der Waals surface area contributed by atoms with Gasteiger partial charge in [-0.2, -0.15) is 0 Å². The predicted molar refractivity (Wildman–Crippen MR) is 46.9 cm³/mol. The Labute approximate surface area is 73.7 Å². The fraction of sp³-hybridized carbons (Fsp3) is 0.889. The quantitative estimate of drug-likeness (QED) is 0.589. The Morgan fingerprint density at radius 2 is 2.33 bits per heavy atom. The molecule has 1 aliphatic heterocycles. The molecule has 1 amide bonds. The van der Waals surface area contributed by atoms with Gasteiger partial charge < -0.3 is 9.64 Å². The normalized spacial score (nSPS) is 30.4. The van der Waals surface area contributed by atoms with Crippen molar-refractivity contribution in [2.45, 2.75) is 39.3 Å². The minimum atomic E-state index is 0.164. The molecule has 0 spiro atoms. The SMILES string of the molecule is CCC1COC(C)CN1C(C)=O. The number of carbonyl (C=O) groups excluding carboxylic acids is 1. The van der Waals surface area contributed by atoms with Crippen LogP contribution >= 0.6 is 0 Å². The van der Waals surface area contributed by atoms with E-state index in [0.717, 1.165) is 13.0 Å². The molecule has 3 heteroatoms. The first-order valence-electron chi connectivity index (χ1n) is 4.54. The second kappa shape index (κ2) is 3.90. The Hall–Kier alpha value is -0.570. The maximum absolute atomic E-state index is 11.2. The van der Waals surface area contributed by atoms with Gasteiger partial charge in [0.05, 0.1) is 18.8 Å². The van der Waals surface area contributed by atoms with Gasteiger partial charge in [0.1, 0.15) is 0 Å². The molecule has 0 saturated carbocycles.